The smallest absolute Gasteiger partial charge is 0.312 e. The fraction of sp³-hybridized carbons (Fsp3) is 0. The molecule has 0 radical (unpaired) electrons. The van der Waals surface area contributed by atoms with Crippen LogP contribution in [0.25, 0.3) is 0 Å². The van der Waals surface area contributed by atoms with E-state index in [1.807, 2.05) is 48.5 Å². The van der Waals surface area contributed by atoms with Gasteiger partial charge in [0.25, 0.3) is 5.28 Å². The maximum Gasteiger partial charge on any atom is 0.383 e. The third-order valence-electron chi connectivity index (χ3n) is 4.09. The molecule has 0 aliphatic carbocycles. The maximum absolute atomic E-state index is 5.54. The van der Waals surface area contributed by atoms with Gasteiger partial charge in [-0.1, -0.05) is 59.3 Å². The molecule has 0 N–H and O–H groups in total. The predicted octanol–water partition coefficient (Wildman–Crippen LogP) is 6.33. The van der Waals surface area contributed by atoms with Gasteiger partial charge in [0.05, 0.1) is 6.21 Å². The third kappa shape index (κ3) is 5.63. The average Bonchev–Trinajstić information content (AvgIpc) is 2.79. The van der Waals surface area contributed by atoms with Gasteiger partial charge in [-0.2, -0.15) is 0 Å². The number of anilines is 3. The Balaban J connectivity index is 1.57. The summed E-state index contributed by atoms with van der Waals surface area (Å²) in [4.78, 5) is 7.21. The SMILES string of the molecule is Clc1nnc(O/N=C/c2ccc(N(c3ccc(Br)cc3)c3ccc(Br)cc3)cc2)nn1. The van der Waals surface area contributed by atoms with Crippen molar-refractivity contribution in [3.63, 3.8) is 0 Å². The molecule has 7 nitrogen and oxygen atoms in total. The lowest BCUT2D eigenvalue weighted by molar-refractivity contribution is 0.304. The van der Waals surface area contributed by atoms with Gasteiger partial charge in [-0.05, 0) is 77.8 Å². The number of hydrogen-bond acceptors (Lipinski definition) is 7. The van der Waals surface area contributed by atoms with E-state index in [9.17, 15) is 0 Å². The summed E-state index contributed by atoms with van der Waals surface area (Å²) in [5, 5.41) is 18.1. The Hall–Kier alpha value is -2.88. The van der Waals surface area contributed by atoms with E-state index in [0.29, 0.717) is 0 Å². The first kappa shape index (κ1) is 21.4. The van der Waals surface area contributed by atoms with Crippen LogP contribution in [-0.4, -0.2) is 26.6 Å². The quantitative estimate of drug-likeness (QED) is 0.203. The summed E-state index contributed by atoms with van der Waals surface area (Å²) in [6, 6.07) is 24.1. The van der Waals surface area contributed by atoms with Gasteiger partial charge in [-0.25, -0.2) is 0 Å². The van der Waals surface area contributed by atoms with Crippen molar-refractivity contribution in [1.82, 2.24) is 20.4 Å². The summed E-state index contributed by atoms with van der Waals surface area (Å²) in [7, 11) is 0. The number of hydrogen-bond donors (Lipinski definition) is 0. The molecule has 0 saturated carbocycles. The summed E-state index contributed by atoms with van der Waals surface area (Å²) in [6.07, 6.45) is 1.55. The van der Waals surface area contributed by atoms with E-state index in [1.54, 1.807) is 6.21 Å². The first-order valence-electron chi connectivity index (χ1n) is 8.93. The Morgan fingerprint density at radius 3 is 1.65 bits per heavy atom. The molecule has 0 unspecified atom stereocenters. The molecular formula is C21H13Br2ClN6O. The van der Waals surface area contributed by atoms with E-state index in [-0.39, 0.29) is 11.3 Å². The molecule has 0 amide bonds. The molecule has 0 fully saturated rings. The van der Waals surface area contributed by atoms with Crippen molar-refractivity contribution in [3.8, 4) is 6.01 Å². The molecule has 154 valence electrons. The number of nitrogens with zero attached hydrogens (tertiary/aromatic N) is 6. The van der Waals surface area contributed by atoms with E-state index >= 15 is 0 Å². The van der Waals surface area contributed by atoms with Crippen LogP contribution >= 0.6 is 43.5 Å². The van der Waals surface area contributed by atoms with E-state index in [0.717, 1.165) is 31.6 Å². The van der Waals surface area contributed by atoms with Crippen molar-refractivity contribution in [2.45, 2.75) is 0 Å². The third-order valence-corrected chi connectivity index (χ3v) is 5.30. The second-order valence-electron chi connectivity index (χ2n) is 6.16. The van der Waals surface area contributed by atoms with E-state index in [2.05, 4.69) is 86.6 Å². The summed E-state index contributed by atoms with van der Waals surface area (Å²) in [6.45, 7) is 0. The number of rotatable bonds is 6. The average molecular weight is 561 g/mol. The number of halogens is 3. The Bertz CT molecular complexity index is 1130. The van der Waals surface area contributed by atoms with Crippen molar-refractivity contribution in [1.29, 1.82) is 0 Å². The number of oxime groups is 1. The Morgan fingerprint density at radius 1 is 0.710 bits per heavy atom. The first-order valence-corrected chi connectivity index (χ1v) is 10.9. The molecule has 0 aliphatic rings. The highest BCUT2D eigenvalue weighted by Crippen LogP contribution is 2.35. The summed E-state index contributed by atoms with van der Waals surface area (Å²) in [5.74, 6) is 0. The van der Waals surface area contributed by atoms with Crippen LogP contribution in [-0.2, 0) is 0 Å². The van der Waals surface area contributed by atoms with Crippen LogP contribution in [0.15, 0.2) is 86.9 Å². The van der Waals surface area contributed by atoms with Crippen LogP contribution in [0.3, 0.4) is 0 Å². The van der Waals surface area contributed by atoms with Crippen LogP contribution in [0.5, 0.6) is 6.01 Å². The molecule has 0 aliphatic heterocycles. The highest BCUT2D eigenvalue weighted by Gasteiger charge is 2.12. The Kier molecular flexibility index (Phi) is 6.86. The molecule has 0 spiro atoms. The Labute approximate surface area is 200 Å². The lowest BCUT2D eigenvalue weighted by Crippen LogP contribution is -2.09. The lowest BCUT2D eigenvalue weighted by Gasteiger charge is -2.25. The minimum Gasteiger partial charge on any atom is -0.312 e. The lowest BCUT2D eigenvalue weighted by atomic mass is 10.1. The fourth-order valence-electron chi connectivity index (χ4n) is 2.72. The van der Waals surface area contributed by atoms with Crippen molar-refractivity contribution in [2.24, 2.45) is 5.16 Å². The molecule has 0 saturated heterocycles. The topological polar surface area (TPSA) is 76.4 Å². The van der Waals surface area contributed by atoms with Gasteiger partial charge in [0.15, 0.2) is 0 Å². The zero-order chi connectivity index (χ0) is 21.6. The van der Waals surface area contributed by atoms with Gasteiger partial charge in [-0.3, -0.25) is 0 Å². The molecule has 0 atom stereocenters. The van der Waals surface area contributed by atoms with Crippen LogP contribution in [0.2, 0.25) is 5.28 Å². The van der Waals surface area contributed by atoms with Crippen molar-refractivity contribution >= 4 is 66.7 Å². The first-order chi connectivity index (χ1) is 15.1. The zero-order valence-electron chi connectivity index (χ0n) is 15.7. The van der Waals surface area contributed by atoms with Gasteiger partial charge >= 0.3 is 6.01 Å². The van der Waals surface area contributed by atoms with Gasteiger partial charge in [-0.15, -0.1) is 10.2 Å². The van der Waals surface area contributed by atoms with E-state index in [1.165, 1.54) is 0 Å². The molecule has 10 heteroatoms. The standard InChI is InChI=1S/C21H13Br2ClN6O/c22-15-3-9-18(10-4-15)30(19-11-5-16(23)6-12-19)17-7-1-14(2-8-17)13-25-31-21-28-26-20(24)27-29-21/h1-13H/b25-13+. The Morgan fingerprint density at radius 2 is 1.16 bits per heavy atom. The molecule has 4 rings (SSSR count). The number of benzene rings is 3. The van der Waals surface area contributed by atoms with E-state index < -0.39 is 0 Å². The minimum atomic E-state index is -0.0890. The molecule has 0 bridgehead atoms. The molecule has 1 aromatic heterocycles. The summed E-state index contributed by atoms with van der Waals surface area (Å²) < 4.78 is 2.04. The van der Waals surface area contributed by atoms with Crippen molar-refractivity contribution in [3.05, 3.63) is 92.6 Å². The van der Waals surface area contributed by atoms with Crippen molar-refractivity contribution in [2.75, 3.05) is 4.90 Å². The normalized spacial score (nSPS) is 10.9. The molecule has 3 aromatic carbocycles. The van der Waals surface area contributed by atoms with Gasteiger partial charge in [0, 0.05) is 26.0 Å². The van der Waals surface area contributed by atoms with Crippen molar-refractivity contribution < 1.29 is 4.84 Å². The van der Waals surface area contributed by atoms with Crippen LogP contribution in [0.1, 0.15) is 5.56 Å². The van der Waals surface area contributed by atoms with Crippen LogP contribution < -0.4 is 9.74 Å². The molecule has 4 aromatic rings. The zero-order valence-corrected chi connectivity index (χ0v) is 19.7. The van der Waals surface area contributed by atoms with Gasteiger partial charge in [0.1, 0.15) is 0 Å². The summed E-state index contributed by atoms with van der Waals surface area (Å²) in [5.41, 5.74) is 3.91. The molecule has 31 heavy (non-hydrogen) atoms. The monoisotopic (exact) mass is 558 g/mol. The van der Waals surface area contributed by atoms with Gasteiger partial charge < -0.3 is 9.74 Å². The van der Waals surface area contributed by atoms with Crippen LogP contribution in [0, 0.1) is 0 Å². The molecule has 1 heterocycles. The maximum atomic E-state index is 5.54. The minimum absolute atomic E-state index is 0.0620. The summed E-state index contributed by atoms with van der Waals surface area (Å²) >= 11 is 12.5. The number of aromatic nitrogens is 4. The largest absolute Gasteiger partial charge is 0.383 e. The highest BCUT2D eigenvalue weighted by molar-refractivity contribution is 9.10. The second-order valence-corrected chi connectivity index (χ2v) is 8.33. The second kappa shape index (κ2) is 9.95. The fourth-order valence-corrected chi connectivity index (χ4v) is 3.32. The predicted molar refractivity (Wildman–Crippen MR) is 127 cm³/mol. The van der Waals surface area contributed by atoms with Crippen LogP contribution in [0.4, 0.5) is 17.1 Å². The van der Waals surface area contributed by atoms with Gasteiger partial charge in [0.2, 0.25) is 0 Å². The van der Waals surface area contributed by atoms with E-state index in [4.69, 9.17) is 16.4 Å². The molecular weight excluding hydrogens is 548 g/mol. The highest BCUT2D eigenvalue weighted by atomic mass is 79.9.